The first kappa shape index (κ1) is 22.3. The molecule has 0 bridgehead atoms. The topological polar surface area (TPSA) is 88.2 Å². The molecule has 2 aliphatic heterocycles. The van der Waals surface area contributed by atoms with Crippen molar-refractivity contribution in [3.05, 3.63) is 35.9 Å². The van der Waals surface area contributed by atoms with Crippen molar-refractivity contribution in [1.82, 2.24) is 15.1 Å². The Labute approximate surface area is 181 Å². The lowest BCUT2D eigenvalue weighted by molar-refractivity contribution is -0.142. The van der Waals surface area contributed by atoms with Crippen LogP contribution in [0.4, 0.5) is 9.59 Å². The molecule has 2 saturated heterocycles. The van der Waals surface area contributed by atoms with Gasteiger partial charge in [-0.3, -0.25) is 4.90 Å². The maximum Gasteiger partial charge on any atom is 0.410 e. The van der Waals surface area contributed by atoms with Gasteiger partial charge in [0.2, 0.25) is 0 Å². The van der Waals surface area contributed by atoms with Gasteiger partial charge in [-0.15, -0.1) is 0 Å². The highest BCUT2D eigenvalue weighted by molar-refractivity contribution is 7.98. The minimum Gasteiger partial charge on any atom is -0.467 e. The molecule has 30 heavy (non-hydrogen) atoms. The number of nitrogens with zero attached hydrogens (tertiary/aromatic N) is 2. The number of thioether (sulfide) groups is 1. The summed E-state index contributed by atoms with van der Waals surface area (Å²) in [6.07, 6.45) is 3.51. The number of hydrogen-bond acceptors (Lipinski definition) is 6. The molecule has 3 amide bonds. The van der Waals surface area contributed by atoms with Crippen LogP contribution >= 0.6 is 11.8 Å². The van der Waals surface area contributed by atoms with Crippen molar-refractivity contribution in [2.45, 2.75) is 37.4 Å². The summed E-state index contributed by atoms with van der Waals surface area (Å²) in [4.78, 5) is 40.5. The monoisotopic (exact) mass is 435 g/mol. The van der Waals surface area contributed by atoms with E-state index in [1.165, 1.54) is 7.11 Å². The fraction of sp³-hybridized carbons (Fsp3) is 0.571. The smallest absolute Gasteiger partial charge is 0.410 e. The number of likely N-dealkylation sites (tertiary alicyclic amines) is 1. The van der Waals surface area contributed by atoms with E-state index in [2.05, 4.69) is 5.32 Å². The third-order valence-corrected chi connectivity index (χ3v) is 6.28. The standard InChI is InChI=1S/C21H29N3O5S/c1-28-19(25)17(10-13-30-2)22-20(26)23-11-8-16(9-12-23)24-18(14-29-21(24)27)15-6-4-3-5-7-15/h3-7,16-18H,8-14H2,1-2H3,(H,22,26)/t17-,18-/m0/s1. The van der Waals surface area contributed by atoms with Crippen LogP contribution in [-0.4, -0.2) is 78.8 Å². The van der Waals surface area contributed by atoms with Gasteiger partial charge in [-0.2, -0.15) is 11.8 Å². The van der Waals surface area contributed by atoms with E-state index in [1.807, 2.05) is 41.5 Å². The second-order valence-electron chi connectivity index (χ2n) is 7.44. The van der Waals surface area contributed by atoms with E-state index in [4.69, 9.17) is 9.47 Å². The Balaban J connectivity index is 1.57. The van der Waals surface area contributed by atoms with Crippen LogP contribution < -0.4 is 5.32 Å². The van der Waals surface area contributed by atoms with E-state index in [1.54, 1.807) is 16.7 Å². The number of cyclic esters (lactones) is 1. The first-order valence-electron chi connectivity index (χ1n) is 10.2. The number of rotatable bonds is 7. The van der Waals surface area contributed by atoms with Crippen LogP contribution in [-0.2, 0) is 14.3 Å². The van der Waals surface area contributed by atoms with Crippen molar-refractivity contribution < 1.29 is 23.9 Å². The minimum atomic E-state index is -0.649. The molecule has 3 rings (SSSR count). The van der Waals surface area contributed by atoms with Crippen molar-refractivity contribution in [1.29, 1.82) is 0 Å². The van der Waals surface area contributed by atoms with E-state index in [0.29, 0.717) is 39.0 Å². The maximum absolute atomic E-state index is 12.7. The van der Waals surface area contributed by atoms with Crippen LogP contribution in [0.2, 0.25) is 0 Å². The molecule has 0 spiro atoms. The highest BCUT2D eigenvalue weighted by Crippen LogP contribution is 2.33. The molecule has 0 aliphatic carbocycles. The summed E-state index contributed by atoms with van der Waals surface area (Å²) in [5, 5.41) is 2.79. The van der Waals surface area contributed by atoms with Crippen LogP contribution in [0.25, 0.3) is 0 Å². The van der Waals surface area contributed by atoms with Crippen LogP contribution in [0, 0.1) is 0 Å². The van der Waals surface area contributed by atoms with Crippen molar-refractivity contribution in [2.24, 2.45) is 0 Å². The van der Waals surface area contributed by atoms with Gasteiger partial charge in [0.15, 0.2) is 0 Å². The number of methoxy groups -OCH3 is 1. The molecule has 2 heterocycles. The fourth-order valence-electron chi connectivity index (χ4n) is 3.98. The SMILES string of the molecule is COC(=O)[C@H](CCSC)NC(=O)N1CCC(N2C(=O)OC[C@H]2c2ccccc2)CC1. The molecule has 0 saturated carbocycles. The molecular weight excluding hydrogens is 406 g/mol. The Morgan fingerprint density at radius 2 is 1.97 bits per heavy atom. The lowest BCUT2D eigenvalue weighted by Gasteiger charge is -2.38. The molecule has 2 aliphatic rings. The van der Waals surface area contributed by atoms with Gasteiger partial charge in [0, 0.05) is 19.1 Å². The Morgan fingerprint density at radius 1 is 1.27 bits per heavy atom. The second kappa shape index (κ2) is 10.6. The zero-order chi connectivity index (χ0) is 21.5. The van der Waals surface area contributed by atoms with Crippen LogP contribution in [0.3, 0.4) is 0 Å². The number of ether oxygens (including phenoxy) is 2. The normalized spacial score (nSPS) is 20.6. The summed E-state index contributed by atoms with van der Waals surface area (Å²) in [7, 11) is 1.32. The Kier molecular flexibility index (Phi) is 7.84. The summed E-state index contributed by atoms with van der Waals surface area (Å²) >= 11 is 1.61. The first-order valence-corrected chi connectivity index (χ1v) is 11.6. The van der Waals surface area contributed by atoms with Crippen LogP contribution in [0.15, 0.2) is 30.3 Å². The van der Waals surface area contributed by atoms with Crippen LogP contribution in [0.1, 0.15) is 30.9 Å². The number of esters is 1. The Bertz CT molecular complexity index is 739. The van der Waals surface area contributed by atoms with Gasteiger partial charge in [-0.05, 0) is 36.8 Å². The van der Waals surface area contributed by atoms with Crippen molar-refractivity contribution in [2.75, 3.05) is 38.8 Å². The van der Waals surface area contributed by atoms with Crippen molar-refractivity contribution in [3.63, 3.8) is 0 Å². The van der Waals surface area contributed by atoms with Crippen molar-refractivity contribution in [3.8, 4) is 0 Å². The number of benzene rings is 1. The van der Waals surface area contributed by atoms with Crippen molar-refractivity contribution >= 4 is 29.9 Å². The average Bonchev–Trinajstić information content (AvgIpc) is 3.18. The van der Waals surface area contributed by atoms with Crippen LogP contribution in [0.5, 0.6) is 0 Å². The predicted molar refractivity (Wildman–Crippen MR) is 114 cm³/mol. The van der Waals surface area contributed by atoms with E-state index in [-0.39, 0.29) is 24.2 Å². The number of urea groups is 1. The fourth-order valence-corrected chi connectivity index (χ4v) is 4.45. The van der Waals surface area contributed by atoms with Gasteiger partial charge >= 0.3 is 18.1 Å². The number of piperidine rings is 1. The molecule has 8 nitrogen and oxygen atoms in total. The lowest BCUT2D eigenvalue weighted by atomic mass is 9.99. The minimum absolute atomic E-state index is 0.0159. The third kappa shape index (κ3) is 5.19. The number of carbonyl (C=O) groups is 3. The number of hydrogen-bond donors (Lipinski definition) is 1. The first-order chi connectivity index (χ1) is 14.5. The van der Waals surface area contributed by atoms with Gasteiger partial charge in [-0.25, -0.2) is 14.4 Å². The molecule has 1 aromatic rings. The average molecular weight is 436 g/mol. The lowest BCUT2D eigenvalue weighted by Crippen LogP contribution is -2.53. The summed E-state index contributed by atoms with van der Waals surface area (Å²) < 4.78 is 10.1. The highest BCUT2D eigenvalue weighted by Gasteiger charge is 2.40. The maximum atomic E-state index is 12.7. The zero-order valence-corrected chi connectivity index (χ0v) is 18.2. The molecule has 0 radical (unpaired) electrons. The quantitative estimate of drug-likeness (QED) is 0.663. The molecule has 0 unspecified atom stereocenters. The van der Waals surface area contributed by atoms with Gasteiger partial charge in [0.05, 0.1) is 13.2 Å². The van der Waals surface area contributed by atoms with E-state index in [9.17, 15) is 14.4 Å². The number of carbonyl (C=O) groups excluding carboxylic acids is 3. The van der Waals surface area contributed by atoms with E-state index >= 15 is 0 Å². The van der Waals surface area contributed by atoms with E-state index in [0.717, 1.165) is 11.3 Å². The predicted octanol–water partition coefficient (Wildman–Crippen LogP) is 2.65. The van der Waals surface area contributed by atoms with Gasteiger partial charge in [-0.1, -0.05) is 30.3 Å². The Hall–Kier alpha value is -2.42. The molecular formula is C21H29N3O5S. The van der Waals surface area contributed by atoms with E-state index < -0.39 is 12.0 Å². The van der Waals surface area contributed by atoms with Gasteiger partial charge in [0.25, 0.3) is 0 Å². The largest absolute Gasteiger partial charge is 0.467 e. The summed E-state index contributed by atoms with van der Waals surface area (Å²) in [5.74, 6) is 0.317. The second-order valence-corrected chi connectivity index (χ2v) is 8.42. The third-order valence-electron chi connectivity index (χ3n) is 5.63. The summed E-state index contributed by atoms with van der Waals surface area (Å²) in [6.45, 7) is 1.37. The molecule has 1 aromatic carbocycles. The Morgan fingerprint density at radius 3 is 2.60 bits per heavy atom. The molecule has 2 fully saturated rings. The molecule has 2 atom stereocenters. The molecule has 1 N–H and O–H groups in total. The van der Waals surface area contributed by atoms with Gasteiger partial charge in [0.1, 0.15) is 12.6 Å². The van der Waals surface area contributed by atoms with Gasteiger partial charge < -0.3 is 19.7 Å². The molecule has 164 valence electrons. The summed E-state index contributed by atoms with van der Waals surface area (Å²) in [6, 6.07) is 8.87. The number of amides is 3. The molecule has 0 aromatic heterocycles. The summed E-state index contributed by atoms with van der Waals surface area (Å²) in [5.41, 5.74) is 1.05. The zero-order valence-electron chi connectivity index (χ0n) is 17.4. The number of nitrogens with one attached hydrogen (secondary N) is 1. The molecule has 9 heteroatoms. The highest BCUT2D eigenvalue weighted by atomic mass is 32.2.